The molecule has 1 saturated carbocycles. The third-order valence-electron chi connectivity index (χ3n) is 3.19. The maximum Gasteiger partial charge on any atom is 0.322 e. The van der Waals surface area contributed by atoms with E-state index in [-0.39, 0.29) is 12.0 Å². The van der Waals surface area contributed by atoms with E-state index >= 15 is 0 Å². The first-order valence-electron chi connectivity index (χ1n) is 6.11. The van der Waals surface area contributed by atoms with Crippen molar-refractivity contribution in [3.63, 3.8) is 0 Å². The van der Waals surface area contributed by atoms with Crippen LogP contribution in [-0.4, -0.2) is 25.2 Å². The summed E-state index contributed by atoms with van der Waals surface area (Å²) < 4.78 is 4.77. The SMILES string of the molecule is CCC(NC1CCCCCC1)C(=O)OC. The first kappa shape index (κ1) is 12.5. The summed E-state index contributed by atoms with van der Waals surface area (Å²) >= 11 is 0. The third kappa shape index (κ3) is 4.20. The molecule has 0 aliphatic heterocycles. The molecule has 1 N–H and O–H groups in total. The molecule has 0 aromatic carbocycles. The average Bonchev–Trinajstić information content (AvgIpc) is 2.53. The van der Waals surface area contributed by atoms with Gasteiger partial charge in [-0.15, -0.1) is 0 Å². The minimum atomic E-state index is -0.123. The summed E-state index contributed by atoms with van der Waals surface area (Å²) in [5, 5.41) is 3.42. The molecule has 1 aliphatic rings. The summed E-state index contributed by atoms with van der Waals surface area (Å²) in [6.07, 6.45) is 8.47. The predicted molar refractivity (Wildman–Crippen MR) is 60.7 cm³/mol. The molecule has 0 heterocycles. The highest BCUT2D eigenvalue weighted by atomic mass is 16.5. The molecule has 3 heteroatoms. The Kier molecular flexibility index (Phi) is 5.69. The Hall–Kier alpha value is -0.570. The van der Waals surface area contributed by atoms with Gasteiger partial charge in [-0.2, -0.15) is 0 Å². The number of ether oxygens (including phenoxy) is 1. The maximum atomic E-state index is 11.4. The second-order valence-corrected chi connectivity index (χ2v) is 4.34. The summed E-state index contributed by atoms with van der Waals surface area (Å²) in [6, 6.07) is 0.398. The standard InChI is InChI=1S/C12H23NO2/c1-3-11(12(14)15-2)13-10-8-6-4-5-7-9-10/h10-11,13H,3-9H2,1-2H3. The topological polar surface area (TPSA) is 38.3 Å². The molecule has 1 rings (SSSR count). The first-order chi connectivity index (χ1) is 7.27. The van der Waals surface area contributed by atoms with Crippen LogP contribution in [0.1, 0.15) is 51.9 Å². The number of nitrogens with one attached hydrogen (secondary N) is 1. The maximum absolute atomic E-state index is 11.4. The molecule has 0 spiro atoms. The van der Waals surface area contributed by atoms with E-state index in [9.17, 15) is 4.79 Å². The van der Waals surface area contributed by atoms with Crippen LogP contribution in [0.5, 0.6) is 0 Å². The number of methoxy groups -OCH3 is 1. The van der Waals surface area contributed by atoms with E-state index < -0.39 is 0 Å². The zero-order valence-corrected chi connectivity index (χ0v) is 9.92. The molecule has 15 heavy (non-hydrogen) atoms. The quantitative estimate of drug-likeness (QED) is 0.575. The first-order valence-corrected chi connectivity index (χ1v) is 6.11. The number of carbonyl (C=O) groups excluding carboxylic acids is 1. The van der Waals surface area contributed by atoms with Gasteiger partial charge >= 0.3 is 5.97 Å². The van der Waals surface area contributed by atoms with Gasteiger partial charge in [0.05, 0.1) is 7.11 Å². The van der Waals surface area contributed by atoms with Crippen molar-refractivity contribution in [1.29, 1.82) is 0 Å². The average molecular weight is 213 g/mol. The number of esters is 1. The Morgan fingerprint density at radius 3 is 2.40 bits per heavy atom. The summed E-state index contributed by atoms with van der Waals surface area (Å²) in [5.41, 5.74) is 0. The molecule has 1 atom stereocenters. The second kappa shape index (κ2) is 6.83. The van der Waals surface area contributed by atoms with Crippen LogP contribution < -0.4 is 5.32 Å². The van der Waals surface area contributed by atoms with Crippen molar-refractivity contribution in [2.75, 3.05) is 7.11 Å². The van der Waals surface area contributed by atoms with E-state index in [0.29, 0.717) is 6.04 Å². The molecule has 0 saturated heterocycles. The van der Waals surface area contributed by atoms with Crippen LogP contribution in [0.4, 0.5) is 0 Å². The van der Waals surface area contributed by atoms with Crippen LogP contribution in [0.3, 0.4) is 0 Å². The minimum absolute atomic E-state index is 0.113. The summed E-state index contributed by atoms with van der Waals surface area (Å²) in [7, 11) is 1.46. The minimum Gasteiger partial charge on any atom is -0.468 e. The van der Waals surface area contributed by atoms with Crippen LogP contribution in [0.25, 0.3) is 0 Å². The van der Waals surface area contributed by atoms with Crippen LogP contribution in [-0.2, 0) is 9.53 Å². The van der Waals surface area contributed by atoms with Crippen molar-refractivity contribution in [2.45, 2.75) is 64.0 Å². The van der Waals surface area contributed by atoms with E-state index in [0.717, 1.165) is 6.42 Å². The lowest BCUT2D eigenvalue weighted by atomic mass is 10.1. The lowest BCUT2D eigenvalue weighted by Crippen LogP contribution is -2.43. The molecule has 0 bridgehead atoms. The number of hydrogen-bond acceptors (Lipinski definition) is 3. The van der Waals surface area contributed by atoms with E-state index in [1.807, 2.05) is 6.92 Å². The van der Waals surface area contributed by atoms with Crippen molar-refractivity contribution in [1.82, 2.24) is 5.32 Å². The fraction of sp³-hybridized carbons (Fsp3) is 0.917. The van der Waals surface area contributed by atoms with E-state index in [1.54, 1.807) is 0 Å². The lowest BCUT2D eigenvalue weighted by Gasteiger charge is -2.22. The van der Waals surface area contributed by atoms with Gasteiger partial charge in [-0.05, 0) is 19.3 Å². The Balaban J connectivity index is 2.38. The molecule has 0 amide bonds. The lowest BCUT2D eigenvalue weighted by molar-refractivity contribution is -0.143. The zero-order chi connectivity index (χ0) is 11.1. The molecule has 3 nitrogen and oxygen atoms in total. The molecule has 1 unspecified atom stereocenters. The predicted octanol–water partition coefficient (Wildman–Crippen LogP) is 2.25. The summed E-state index contributed by atoms with van der Waals surface area (Å²) in [5.74, 6) is -0.123. The van der Waals surface area contributed by atoms with E-state index in [4.69, 9.17) is 4.74 Å². The Labute approximate surface area is 92.6 Å². The largest absolute Gasteiger partial charge is 0.468 e. The van der Waals surface area contributed by atoms with Crippen molar-refractivity contribution in [3.8, 4) is 0 Å². The molecule has 1 aliphatic carbocycles. The summed E-state index contributed by atoms with van der Waals surface area (Å²) in [4.78, 5) is 11.4. The Morgan fingerprint density at radius 1 is 1.33 bits per heavy atom. The molecule has 0 aromatic heterocycles. The van der Waals surface area contributed by atoms with Gasteiger partial charge in [-0.3, -0.25) is 4.79 Å². The highest BCUT2D eigenvalue weighted by Crippen LogP contribution is 2.18. The fourth-order valence-electron chi connectivity index (χ4n) is 2.23. The monoisotopic (exact) mass is 213 g/mol. The number of rotatable bonds is 4. The molecular weight excluding hydrogens is 190 g/mol. The zero-order valence-electron chi connectivity index (χ0n) is 9.92. The normalized spacial score (nSPS) is 20.7. The highest BCUT2D eigenvalue weighted by molar-refractivity contribution is 5.75. The van der Waals surface area contributed by atoms with E-state index in [2.05, 4.69) is 5.32 Å². The molecule has 1 fully saturated rings. The fourth-order valence-corrected chi connectivity index (χ4v) is 2.23. The van der Waals surface area contributed by atoms with Gasteiger partial charge in [-0.25, -0.2) is 0 Å². The van der Waals surface area contributed by atoms with Crippen molar-refractivity contribution in [3.05, 3.63) is 0 Å². The number of hydrogen-bond donors (Lipinski definition) is 1. The molecular formula is C12H23NO2. The third-order valence-corrected chi connectivity index (χ3v) is 3.19. The second-order valence-electron chi connectivity index (χ2n) is 4.34. The van der Waals surface area contributed by atoms with Crippen LogP contribution in [0.15, 0.2) is 0 Å². The van der Waals surface area contributed by atoms with Crippen molar-refractivity contribution in [2.24, 2.45) is 0 Å². The summed E-state index contributed by atoms with van der Waals surface area (Å²) in [6.45, 7) is 2.02. The smallest absolute Gasteiger partial charge is 0.322 e. The van der Waals surface area contributed by atoms with Crippen LogP contribution >= 0.6 is 0 Å². The van der Waals surface area contributed by atoms with Crippen LogP contribution in [0, 0.1) is 0 Å². The molecule has 0 radical (unpaired) electrons. The number of carbonyl (C=O) groups is 1. The van der Waals surface area contributed by atoms with Gasteiger partial charge in [0.2, 0.25) is 0 Å². The van der Waals surface area contributed by atoms with Gasteiger partial charge in [0, 0.05) is 6.04 Å². The Morgan fingerprint density at radius 2 is 1.93 bits per heavy atom. The molecule has 0 aromatic rings. The van der Waals surface area contributed by atoms with Gasteiger partial charge in [-0.1, -0.05) is 32.6 Å². The van der Waals surface area contributed by atoms with Crippen LogP contribution in [0.2, 0.25) is 0 Å². The van der Waals surface area contributed by atoms with Crippen molar-refractivity contribution >= 4 is 5.97 Å². The van der Waals surface area contributed by atoms with Gasteiger partial charge in [0.1, 0.15) is 6.04 Å². The molecule has 88 valence electrons. The van der Waals surface area contributed by atoms with E-state index in [1.165, 1.54) is 45.6 Å². The Bertz CT molecular complexity index is 186. The van der Waals surface area contributed by atoms with Gasteiger partial charge in [0.25, 0.3) is 0 Å². The van der Waals surface area contributed by atoms with Crippen molar-refractivity contribution < 1.29 is 9.53 Å². The van der Waals surface area contributed by atoms with Gasteiger partial charge in [0.15, 0.2) is 0 Å². The highest BCUT2D eigenvalue weighted by Gasteiger charge is 2.21. The van der Waals surface area contributed by atoms with Gasteiger partial charge < -0.3 is 10.1 Å².